The summed E-state index contributed by atoms with van der Waals surface area (Å²) in [6.07, 6.45) is 1.51. The lowest BCUT2D eigenvalue weighted by molar-refractivity contribution is -0.136. The molecule has 100 valence electrons. The van der Waals surface area contributed by atoms with Gasteiger partial charge in [0.15, 0.2) is 0 Å². The Morgan fingerprint density at radius 3 is 2.83 bits per heavy atom. The third kappa shape index (κ3) is 2.31. The predicted octanol–water partition coefficient (Wildman–Crippen LogP) is -1.08. The number of nitrogens with zero attached hydrogens (tertiary/aromatic N) is 1. The summed E-state index contributed by atoms with van der Waals surface area (Å²) in [5, 5.41) is 4.86. The Morgan fingerprint density at radius 2 is 2.28 bits per heavy atom. The Bertz CT molecular complexity index is 396. The maximum atomic E-state index is 11.9. The third-order valence-corrected chi connectivity index (χ3v) is 3.36. The number of urea groups is 1. The van der Waals surface area contributed by atoms with E-state index in [1.807, 2.05) is 0 Å². The lowest BCUT2D eigenvalue weighted by Crippen LogP contribution is -2.59. The molecule has 0 radical (unpaired) electrons. The normalized spacial score (nSPS) is 29.1. The Balaban J connectivity index is 2.07. The number of piperidine rings is 1. The van der Waals surface area contributed by atoms with Gasteiger partial charge in [-0.2, -0.15) is 0 Å². The summed E-state index contributed by atoms with van der Waals surface area (Å²) in [6, 6.07) is -0.691. The van der Waals surface area contributed by atoms with Crippen LogP contribution in [0.25, 0.3) is 0 Å². The van der Waals surface area contributed by atoms with Crippen molar-refractivity contribution in [1.29, 1.82) is 0 Å². The first-order valence-corrected chi connectivity index (χ1v) is 6.10. The minimum absolute atomic E-state index is 0.0713. The van der Waals surface area contributed by atoms with Crippen molar-refractivity contribution < 1.29 is 14.4 Å². The Morgan fingerprint density at radius 1 is 1.56 bits per heavy atom. The molecule has 2 unspecified atom stereocenters. The van der Waals surface area contributed by atoms with Crippen LogP contribution >= 0.6 is 0 Å². The lowest BCUT2D eigenvalue weighted by atomic mass is 9.89. The van der Waals surface area contributed by atoms with E-state index in [1.54, 1.807) is 11.8 Å². The smallest absolute Gasteiger partial charge is 0.322 e. The molecule has 0 aromatic carbocycles. The van der Waals surface area contributed by atoms with Gasteiger partial charge >= 0.3 is 6.03 Å². The maximum Gasteiger partial charge on any atom is 0.322 e. The molecule has 2 fully saturated rings. The number of rotatable bonds is 2. The number of nitrogens with two attached hydrogens (primary N) is 1. The van der Waals surface area contributed by atoms with E-state index in [4.69, 9.17) is 5.73 Å². The molecule has 18 heavy (non-hydrogen) atoms. The zero-order valence-corrected chi connectivity index (χ0v) is 10.4. The van der Waals surface area contributed by atoms with E-state index in [9.17, 15) is 14.4 Å². The fourth-order valence-electron chi connectivity index (χ4n) is 2.49. The third-order valence-electron chi connectivity index (χ3n) is 3.36. The minimum Gasteiger partial charge on any atom is -0.340 e. The summed E-state index contributed by atoms with van der Waals surface area (Å²) in [5.74, 6) is -0.413. The van der Waals surface area contributed by atoms with Crippen LogP contribution in [0.15, 0.2) is 0 Å². The number of hydrogen-bond acceptors (Lipinski definition) is 4. The molecule has 7 nitrogen and oxygen atoms in total. The Hall–Kier alpha value is -1.63. The molecule has 2 heterocycles. The molecule has 0 aliphatic carbocycles. The first kappa shape index (κ1) is 12.8. The number of likely N-dealkylation sites (tertiary alicyclic amines) is 1. The van der Waals surface area contributed by atoms with Crippen LogP contribution in [0.2, 0.25) is 0 Å². The molecule has 2 rings (SSSR count). The highest BCUT2D eigenvalue weighted by Crippen LogP contribution is 2.24. The average molecular weight is 254 g/mol. The fourth-order valence-corrected chi connectivity index (χ4v) is 2.49. The average Bonchev–Trinajstić information content (AvgIpc) is 2.52. The molecule has 2 aliphatic rings. The predicted molar refractivity (Wildman–Crippen MR) is 63.5 cm³/mol. The van der Waals surface area contributed by atoms with E-state index in [-0.39, 0.29) is 30.8 Å². The van der Waals surface area contributed by atoms with E-state index in [1.165, 1.54) is 0 Å². The van der Waals surface area contributed by atoms with Crippen molar-refractivity contribution in [2.24, 2.45) is 5.73 Å². The van der Waals surface area contributed by atoms with Gasteiger partial charge in [0.05, 0.1) is 6.54 Å². The molecule has 0 saturated carbocycles. The zero-order chi connectivity index (χ0) is 13.3. The molecule has 0 bridgehead atoms. The van der Waals surface area contributed by atoms with Gasteiger partial charge < -0.3 is 16.0 Å². The van der Waals surface area contributed by atoms with Crippen LogP contribution in [-0.2, 0) is 9.59 Å². The topological polar surface area (TPSA) is 105 Å². The Kier molecular flexibility index (Phi) is 3.25. The second-order valence-corrected chi connectivity index (χ2v) is 5.09. The summed E-state index contributed by atoms with van der Waals surface area (Å²) in [7, 11) is 0. The molecule has 0 aromatic heterocycles. The van der Waals surface area contributed by atoms with E-state index in [0.29, 0.717) is 19.4 Å². The van der Waals surface area contributed by atoms with Gasteiger partial charge in [0.1, 0.15) is 5.54 Å². The van der Waals surface area contributed by atoms with E-state index in [0.717, 1.165) is 0 Å². The van der Waals surface area contributed by atoms with Crippen molar-refractivity contribution >= 4 is 17.8 Å². The van der Waals surface area contributed by atoms with Crippen molar-refractivity contribution in [2.75, 3.05) is 13.1 Å². The largest absolute Gasteiger partial charge is 0.340 e. The number of imide groups is 1. The molecule has 7 heteroatoms. The van der Waals surface area contributed by atoms with Crippen LogP contribution in [0.3, 0.4) is 0 Å². The van der Waals surface area contributed by atoms with Crippen molar-refractivity contribution in [3.8, 4) is 0 Å². The monoisotopic (exact) mass is 254 g/mol. The zero-order valence-electron chi connectivity index (χ0n) is 10.4. The van der Waals surface area contributed by atoms with Crippen molar-refractivity contribution in [1.82, 2.24) is 15.5 Å². The van der Waals surface area contributed by atoms with Crippen LogP contribution in [0, 0.1) is 0 Å². The molecule has 0 aromatic rings. The molecule has 4 amide bonds. The van der Waals surface area contributed by atoms with Crippen LogP contribution in [0.1, 0.15) is 26.2 Å². The molecule has 2 aliphatic heterocycles. The summed E-state index contributed by atoms with van der Waals surface area (Å²) in [5.41, 5.74) is 4.66. The van der Waals surface area contributed by atoms with Gasteiger partial charge in [-0.25, -0.2) is 4.79 Å². The molecule has 2 atom stereocenters. The molecular formula is C11H18N4O3. The van der Waals surface area contributed by atoms with Crippen LogP contribution in [0.4, 0.5) is 4.79 Å². The van der Waals surface area contributed by atoms with Crippen molar-refractivity contribution in [2.45, 2.75) is 37.8 Å². The first-order valence-electron chi connectivity index (χ1n) is 6.10. The second kappa shape index (κ2) is 4.56. The minimum atomic E-state index is -0.942. The number of amides is 4. The van der Waals surface area contributed by atoms with E-state index in [2.05, 4.69) is 10.6 Å². The molecule has 2 saturated heterocycles. The van der Waals surface area contributed by atoms with E-state index < -0.39 is 11.6 Å². The number of carbonyl (C=O) groups is 3. The molecule has 4 N–H and O–H groups in total. The van der Waals surface area contributed by atoms with Crippen molar-refractivity contribution in [3.63, 3.8) is 0 Å². The second-order valence-electron chi connectivity index (χ2n) is 5.09. The first-order chi connectivity index (χ1) is 8.43. The number of hydrogen-bond donors (Lipinski definition) is 3. The summed E-state index contributed by atoms with van der Waals surface area (Å²) >= 11 is 0. The van der Waals surface area contributed by atoms with Gasteiger partial charge in [-0.15, -0.1) is 0 Å². The van der Waals surface area contributed by atoms with Gasteiger partial charge in [-0.05, 0) is 19.8 Å². The quantitative estimate of drug-likeness (QED) is 0.545. The van der Waals surface area contributed by atoms with Gasteiger partial charge in [0.2, 0.25) is 5.91 Å². The fraction of sp³-hybridized carbons (Fsp3) is 0.727. The SMILES string of the molecule is CC(N)CC(=O)N1CCCC2(C1)NC(=O)NC2=O. The maximum absolute atomic E-state index is 11.9. The summed E-state index contributed by atoms with van der Waals surface area (Å²) < 4.78 is 0. The van der Waals surface area contributed by atoms with Gasteiger partial charge in [-0.1, -0.05) is 0 Å². The molecule has 1 spiro atoms. The standard InChI is InChI=1S/C11H18N4O3/c1-7(12)5-8(16)15-4-2-3-11(6-15)9(17)13-10(18)14-11/h7H,2-6,12H2,1H3,(H2,13,14,17,18). The van der Waals surface area contributed by atoms with Gasteiger partial charge in [0, 0.05) is 19.0 Å². The van der Waals surface area contributed by atoms with Crippen LogP contribution in [0.5, 0.6) is 0 Å². The summed E-state index contributed by atoms with van der Waals surface area (Å²) in [4.78, 5) is 36.6. The highest BCUT2D eigenvalue weighted by atomic mass is 16.2. The summed E-state index contributed by atoms with van der Waals surface area (Å²) in [6.45, 7) is 2.61. The highest BCUT2D eigenvalue weighted by Gasteiger charge is 2.49. The van der Waals surface area contributed by atoms with Gasteiger partial charge in [0.25, 0.3) is 5.91 Å². The number of nitrogens with one attached hydrogen (secondary N) is 2. The molecular weight excluding hydrogens is 236 g/mol. The van der Waals surface area contributed by atoms with Crippen LogP contribution in [-0.4, -0.2) is 47.4 Å². The Labute approximate surface area is 105 Å². The van der Waals surface area contributed by atoms with Crippen LogP contribution < -0.4 is 16.4 Å². The lowest BCUT2D eigenvalue weighted by Gasteiger charge is -2.38. The van der Waals surface area contributed by atoms with Crippen molar-refractivity contribution in [3.05, 3.63) is 0 Å². The highest BCUT2D eigenvalue weighted by molar-refractivity contribution is 6.07. The number of carbonyl (C=O) groups excluding carboxylic acids is 3. The van der Waals surface area contributed by atoms with Gasteiger partial charge in [-0.3, -0.25) is 14.9 Å². The van der Waals surface area contributed by atoms with E-state index >= 15 is 0 Å².